The van der Waals surface area contributed by atoms with Gasteiger partial charge in [-0.05, 0) is 47.7 Å². The first-order chi connectivity index (χ1) is 11.4. The molecule has 1 aromatic heterocycles. The second-order valence-corrected chi connectivity index (χ2v) is 6.46. The van der Waals surface area contributed by atoms with Crippen molar-refractivity contribution >= 4 is 23.7 Å². The van der Waals surface area contributed by atoms with E-state index >= 15 is 0 Å². The van der Waals surface area contributed by atoms with Gasteiger partial charge in [-0.1, -0.05) is 48.5 Å². The standard InChI is InChI=1S/C20H21NOS.ClH/c1-2-5-17(6-3-1)12-13-21-15-18-8-10-19(11-9-18)22-16-20-7-4-14-23-20;/h1-11,14,21H,12-13,15-16H2;1H. The normalized spacial score (nSPS) is 10.2. The van der Waals surface area contributed by atoms with Crippen LogP contribution in [-0.2, 0) is 19.6 Å². The van der Waals surface area contributed by atoms with Crippen LogP contribution in [0, 0.1) is 0 Å². The van der Waals surface area contributed by atoms with Crippen LogP contribution in [0.4, 0.5) is 0 Å². The van der Waals surface area contributed by atoms with Gasteiger partial charge in [0, 0.05) is 11.4 Å². The molecule has 4 heteroatoms. The van der Waals surface area contributed by atoms with Gasteiger partial charge in [0.2, 0.25) is 0 Å². The zero-order valence-corrected chi connectivity index (χ0v) is 15.1. The summed E-state index contributed by atoms with van der Waals surface area (Å²) >= 11 is 1.72. The molecule has 24 heavy (non-hydrogen) atoms. The van der Waals surface area contributed by atoms with E-state index in [4.69, 9.17) is 4.74 Å². The molecule has 3 rings (SSSR count). The van der Waals surface area contributed by atoms with Gasteiger partial charge in [0.15, 0.2) is 0 Å². The Bertz CT molecular complexity index is 683. The summed E-state index contributed by atoms with van der Waals surface area (Å²) in [5, 5.41) is 5.56. The number of benzene rings is 2. The van der Waals surface area contributed by atoms with Gasteiger partial charge >= 0.3 is 0 Å². The second-order valence-electron chi connectivity index (χ2n) is 5.42. The quantitative estimate of drug-likeness (QED) is 0.566. The lowest BCUT2D eigenvalue weighted by atomic mass is 10.1. The molecule has 0 aliphatic rings. The van der Waals surface area contributed by atoms with Gasteiger partial charge in [-0.25, -0.2) is 0 Å². The molecule has 0 bridgehead atoms. The molecule has 0 radical (unpaired) electrons. The first-order valence-corrected chi connectivity index (χ1v) is 8.77. The predicted molar refractivity (Wildman–Crippen MR) is 104 cm³/mol. The van der Waals surface area contributed by atoms with Gasteiger partial charge in [0.25, 0.3) is 0 Å². The van der Waals surface area contributed by atoms with E-state index in [1.165, 1.54) is 16.0 Å². The van der Waals surface area contributed by atoms with Crippen molar-refractivity contribution in [2.45, 2.75) is 19.6 Å². The van der Waals surface area contributed by atoms with Crippen molar-refractivity contribution < 1.29 is 4.74 Å². The number of ether oxygens (including phenoxy) is 1. The lowest BCUT2D eigenvalue weighted by molar-refractivity contribution is 0.309. The number of halogens is 1. The van der Waals surface area contributed by atoms with Crippen molar-refractivity contribution in [2.24, 2.45) is 0 Å². The van der Waals surface area contributed by atoms with Gasteiger partial charge < -0.3 is 10.1 Å². The Labute approximate surface area is 153 Å². The smallest absolute Gasteiger partial charge is 0.122 e. The minimum Gasteiger partial charge on any atom is -0.488 e. The van der Waals surface area contributed by atoms with Crippen molar-refractivity contribution in [2.75, 3.05) is 6.54 Å². The molecule has 0 saturated carbocycles. The SMILES string of the molecule is Cl.c1ccc(CCNCc2ccc(OCc3cccs3)cc2)cc1. The summed E-state index contributed by atoms with van der Waals surface area (Å²) in [6.07, 6.45) is 1.06. The van der Waals surface area contributed by atoms with Crippen molar-refractivity contribution in [3.8, 4) is 5.75 Å². The van der Waals surface area contributed by atoms with Crippen LogP contribution in [0.3, 0.4) is 0 Å². The van der Waals surface area contributed by atoms with Crippen LogP contribution in [0.15, 0.2) is 72.1 Å². The van der Waals surface area contributed by atoms with Crippen LogP contribution in [0.5, 0.6) is 5.75 Å². The molecule has 0 aliphatic carbocycles. The maximum absolute atomic E-state index is 5.78. The maximum Gasteiger partial charge on any atom is 0.122 e. The summed E-state index contributed by atoms with van der Waals surface area (Å²) in [6.45, 7) is 2.52. The second kappa shape index (κ2) is 10.1. The molecular formula is C20H22ClNOS. The first kappa shape index (κ1) is 18.5. The summed E-state index contributed by atoms with van der Waals surface area (Å²) in [6, 6.07) is 23.0. The average Bonchev–Trinajstić information content (AvgIpc) is 3.12. The fraction of sp³-hybridized carbons (Fsp3) is 0.200. The fourth-order valence-electron chi connectivity index (χ4n) is 2.36. The van der Waals surface area contributed by atoms with E-state index in [0.717, 1.165) is 25.3 Å². The summed E-state index contributed by atoms with van der Waals surface area (Å²) in [7, 11) is 0. The lowest BCUT2D eigenvalue weighted by Gasteiger charge is -2.08. The third-order valence-corrected chi connectivity index (χ3v) is 4.50. The Morgan fingerprint density at radius 2 is 1.62 bits per heavy atom. The molecule has 0 fully saturated rings. The Morgan fingerprint density at radius 3 is 2.33 bits per heavy atom. The van der Waals surface area contributed by atoms with E-state index in [9.17, 15) is 0 Å². The Morgan fingerprint density at radius 1 is 0.833 bits per heavy atom. The van der Waals surface area contributed by atoms with E-state index in [1.807, 2.05) is 18.2 Å². The van der Waals surface area contributed by atoms with Crippen LogP contribution < -0.4 is 10.1 Å². The van der Waals surface area contributed by atoms with Crippen LogP contribution in [0.1, 0.15) is 16.0 Å². The molecule has 0 atom stereocenters. The molecule has 126 valence electrons. The molecule has 1 heterocycles. The van der Waals surface area contributed by atoms with E-state index in [0.29, 0.717) is 6.61 Å². The van der Waals surface area contributed by atoms with E-state index in [-0.39, 0.29) is 12.4 Å². The van der Waals surface area contributed by atoms with E-state index in [2.05, 4.69) is 59.2 Å². The lowest BCUT2D eigenvalue weighted by Crippen LogP contribution is -2.16. The number of rotatable bonds is 8. The first-order valence-electron chi connectivity index (χ1n) is 7.89. The van der Waals surface area contributed by atoms with Crippen LogP contribution in [-0.4, -0.2) is 6.54 Å². The molecule has 2 aromatic carbocycles. The molecule has 1 N–H and O–H groups in total. The summed E-state index contributed by atoms with van der Waals surface area (Å²) in [4.78, 5) is 1.25. The van der Waals surface area contributed by atoms with Crippen molar-refractivity contribution in [3.63, 3.8) is 0 Å². The van der Waals surface area contributed by atoms with Gasteiger partial charge in [0.1, 0.15) is 12.4 Å². The molecule has 0 amide bonds. The highest BCUT2D eigenvalue weighted by Gasteiger charge is 1.98. The monoisotopic (exact) mass is 359 g/mol. The minimum atomic E-state index is 0. The van der Waals surface area contributed by atoms with Gasteiger partial charge in [0.05, 0.1) is 0 Å². The maximum atomic E-state index is 5.78. The fourth-order valence-corrected chi connectivity index (χ4v) is 2.98. The Balaban J connectivity index is 0.00000208. The van der Waals surface area contributed by atoms with Gasteiger partial charge in [-0.2, -0.15) is 0 Å². The van der Waals surface area contributed by atoms with Crippen LogP contribution in [0.2, 0.25) is 0 Å². The van der Waals surface area contributed by atoms with E-state index < -0.39 is 0 Å². The Hall–Kier alpha value is -1.81. The highest BCUT2D eigenvalue weighted by atomic mass is 35.5. The third-order valence-electron chi connectivity index (χ3n) is 3.65. The molecule has 0 saturated heterocycles. The van der Waals surface area contributed by atoms with Crippen molar-refractivity contribution in [1.29, 1.82) is 0 Å². The predicted octanol–water partition coefficient (Wildman–Crippen LogP) is 5.08. The van der Waals surface area contributed by atoms with Crippen LogP contribution >= 0.6 is 23.7 Å². The summed E-state index contributed by atoms with van der Waals surface area (Å²) < 4.78 is 5.78. The van der Waals surface area contributed by atoms with Gasteiger partial charge in [-0.15, -0.1) is 23.7 Å². The van der Waals surface area contributed by atoms with Crippen molar-refractivity contribution in [1.82, 2.24) is 5.32 Å². The van der Waals surface area contributed by atoms with E-state index in [1.54, 1.807) is 11.3 Å². The van der Waals surface area contributed by atoms with Gasteiger partial charge in [-0.3, -0.25) is 0 Å². The molecule has 2 nitrogen and oxygen atoms in total. The summed E-state index contributed by atoms with van der Waals surface area (Å²) in [5.41, 5.74) is 2.65. The Kier molecular flexibility index (Phi) is 7.83. The molecular weight excluding hydrogens is 338 g/mol. The molecule has 3 aromatic rings. The zero-order valence-electron chi connectivity index (χ0n) is 13.5. The molecule has 0 aliphatic heterocycles. The number of thiophene rings is 1. The summed E-state index contributed by atoms with van der Waals surface area (Å²) in [5.74, 6) is 0.923. The van der Waals surface area contributed by atoms with Crippen LogP contribution in [0.25, 0.3) is 0 Å². The number of hydrogen-bond acceptors (Lipinski definition) is 3. The highest BCUT2D eigenvalue weighted by molar-refractivity contribution is 7.09. The highest BCUT2D eigenvalue weighted by Crippen LogP contribution is 2.16. The molecule has 0 spiro atoms. The average molecular weight is 360 g/mol. The number of hydrogen-bond donors (Lipinski definition) is 1. The topological polar surface area (TPSA) is 21.3 Å². The number of nitrogens with one attached hydrogen (secondary N) is 1. The largest absolute Gasteiger partial charge is 0.488 e. The third kappa shape index (κ3) is 6.00. The van der Waals surface area contributed by atoms with Crippen molar-refractivity contribution in [3.05, 3.63) is 88.1 Å². The molecule has 0 unspecified atom stereocenters. The zero-order chi connectivity index (χ0) is 15.7. The minimum absolute atomic E-state index is 0.